The number of H-pyrrole nitrogens is 1. The van der Waals surface area contributed by atoms with Crippen LogP contribution >= 0.6 is 0 Å². The van der Waals surface area contributed by atoms with E-state index in [1.807, 2.05) is 19.1 Å². The van der Waals surface area contributed by atoms with Crippen LogP contribution in [0.25, 0.3) is 16.7 Å². The summed E-state index contributed by atoms with van der Waals surface area (Å²) >= 11 is 0. The van der Waals surface area contributed by atoms with Gasteiger partial charge in [0, 0.05) is 34.2 Å². The van der Waals surface area contributed by atoms with Crippen molar-refractivity contribution in [1.29, 1.82) is 5.41 Å². The summed E-state index contributed by atoms with van der Waals surface area (Å²) in [5, 5.41) is 8.39. The molecule has 16 heavy (non-hydrogen) atoms. The maximum Gasteiger partial charge on any atom is 0.137 e. The highest BCUT2D eigenvalue weighted by molar-refractivity contribution is 5.97. The maximum atomic E-state index is 7.36. The number of nitrogens with two attached hydrogens (primary N) is 1. The largest absolute Gasteiger partial charge is 0.398 e. The fourth-order valence-corrected chi connectivity index (χ4v) is 1.63. The molecular weight excluding hydrogens is 200 g/mol. The third-order valence-corrected chi connectivity index (χ3v) is 2.31. The van der Waals surface area contributed by atoms with Gasteiger partial charge in [-0.1, -0.05) is 0 Å². The standard InChI is InChI=1S/C12H14N4/c1-7(13)3-11(14)10-5-9-4-8(2)16-12(9)15-6-10/h3-6,13H,14H2,1-2H3,(H,15,16)/b11-3-,13-7?. The molecule has 2 aromatic rings. The third-order valence-electron chi connectivity index (χ3n) is 2.31. The van der Waals surface area contributed by atoms with Gasteiger partial charge in [-0.15, -0.1) is 0 Å². The highest BCUT2D eigenvalue weighted by Gasteiger charge is 2.02. The van der Waals surface area contributed by atoms with E-state index < -0.39 is 0 Å². The van der Waals surface area contributed by atoms with E-state index in [1.54, 1.807) is 19.2 Å². The van der Waals surface area contributed by atoms with Crippen LogP contribution in [-0.4, -0.2) is 15.7 Å². The first-order chi connectivity index (χ1) is 7.56. The predicted octanol–water partition coefficient (Wildman–Crippen LogP) is 2.21. The number of hydrogen-bond donors (Lipinski definition) is 3. The SMILES string of the molecule is CC(=N)/C=C(\N)c1cnc2[nH]c(C)cc2c1. The lowest BCUT2D eigenvalue weighted by atomic mass is 10.1. The second-order valence-electron chi connectivity index (χ2n) is 3.90. The average Bonchev–Trinajstić information content (AvgIpc) is 2.55. The first kappa shape index (κ1) is 10.4. The van der Waals surface area contributed by atoms with Gasteiger partial charge in [-0.05, 0) is 32.1 Å². The zero-order valence-corrected chi connectivity index (χ0v) is 9.33. The van der Waals surface area contributed by atoms with Gasteiger partial charge in [0.15, 0.2) is 0 Å². The van der Waals surface area contributed by atoms with E-state index >= 15 is 0 Å². The Labute approximate surface area is 93.7 Å². The smallest absolute Gasteiger partial charge is 0.137 e. The molecule has 0 aliphatic rings. The summed E-state index contributed by atoms with van der Waals surface area (Å²) in [5.74, 6) is 0. The minimum Gasteiger partial charge on any atom is -0.398 e. The number of allylic oxidation sites excluding steroid dienone is 1. The first-order valence-corrected chi connectivity index (χ1v) is 5.04. The van der Waals surface area contributed by atoms with Gasteiger partial charge in [-0.3, -0.25) is 0 Å². The van der Waals surface area contributed by atoms with Crippen molar-refractivity contribution in [2.45, 2.75) is 13.8 Å². The van der Waals surface area contributed by atoms with E-state index in [2.05, 4.69) is 9.97 Å². The molecule has 2 rings (SSSR count). The van der Waals surface area contributed by atoms with Gasteiger partial charge in [0.2, 0.25) is 0 Å². The van der Waals surface area contributed by atoms with Crippen LogP contribution in [0.15, 0.2) is 24.4 Å². The zero-order valence-electron chi connectivity index (χ0n) is 9.33. The molecule has 0 aromatic carbocycles. The molecule has 4 N–H and O–H groups in total. The Balaban J connectivity index is 2.50. The number of nitrogens with zero attached hydrogens (tertiary/aromatic N) is 1. The van der Waals surface area contributed by atoms with Gasteiger partial charge < -0.3 is 16.1 Å². The first-order valence-electron chi connectivity index (χ1n) is 5.04. The van der Waals surface area contributed by atoms with Crippen LogP contribution in [0.5, 0.6) is 0 Å². The van der Waals surface area contributed by atoms with Gasteiger partial charge in [-0.2, -0.15) is 0 Å². The summed E-state index contributed by atoms with van der Waals surface area (Å²) in [6.07, 6.45) is 3.34. The van der Waals surface area contributed by atoms with Crippen molar-refractivity contribution in [2.75, 3.05) is 0 Å². The van der Waals surface area contributed by atoms with E-state index in [4.69, 9.17) is 11.1 Å². The Hall–Kier alpha value is -2.10. The number of pyridine rings is 1. The average molecular weight is 214 g/mol. The number of nitrogens with one attached hydrogen (secondary N) is 2. The summed E-state index contributed by atoms with van der Waals surface area (Å²) in [4.78, 5) is 7.44. The van der Waals surface area contributed by atoms with Crippen LogP contribution in [0.2, 0.25) is 0 Å². The number of hydrogen-bond acceptors (Lipinski definition) is 3. The molecule has 0 atom stereocenters. The lowest BCUT2D eigenvalue weighted by Crippen LogP contribution is -1.99. The number of aromatic amines is 1. The number of fused-ring (bicyclic) bond motifs is 1. The van der Waals surface area contributed by atoms with Crippen LogP contribution in [0, 0.1) is 12.3 Å². The Morgan fingerprint density at radius 3 is 2.94 bits per heavy atom. The van der Waals surface area contributed by atoms with Crippen molar-refractivity contribution >= 4 is 22.4 Å². The van der Waals surface area contributed by atoms with Crippen LogP contribution in [0.4, 0.5) is 0 Å². The normalized spacial score (nSPS) is 12.0. The van der Waals surface area contributed by atoms with E-state index in [9.17, 15) is 0 Å². The van der Waals surface area contributed by atoms with Gasteiger partial charge in [0.25, 0.3) is 0 Å². The summed E-state index contributed by atoms with van der Waals surface area (Å²) in [6.45, 7) is 3.68. The minimum absolute atomic E-state index is 0.433. The molecule has 4 heteroatoms. The van der Waals surface area contributed by atoms with Crippen molar-refractivity contribution in [3.05, 3.63) is 35.7 Å². The molecule has 0 saturated heterocycles. The zero-order chi connectivity index (χ0) is 11.7. The molecule has 0 radical (unpaired) electrons. The lowest BCUT2D eigenvalue weighted by Gasteiger charge is -2.00. The summed E-state index contributed by atoms with van der Waals surface area (Å²) < 4.78 is 0. The monoisotopic (exact) mass is 214 g/mol. The Morgan fingerprint density at radius 1 is 1.50 bits per heavy atom. The quantitative estimate of drug-likeness (QED) is 0.670. The Kier molecular flexibility index (Phi) is 2.48. The molecule has 0 amide bonds. The Morgan fingerprint density at radius 2 is 2.25 bits per heavy atom. The molecule has 82 valence electrons. The van der Waals surface area contributed by atoms with Crippen molar-refractivity contribution in [1.82, 2.24) is 9.97 Å². The maximum absolute atomic E-state index is 7.36. The molecular formula is C12H14N4. The number of rotatable bonds is 2. The summed E-state index contributed by atoms with van der Waals surface area (Å²) in [6, 6.07) is 4.00. The third kappa shape index (κ3) is 1.95. The van der Waals surface area contributed by atoms with Gasteiger partial charge in [0.05, 0.1) is 0 Å². The molecule has 0 fully saturated rings. The van der Waals surface area contributed by atoms with Crippen LogP contribution < -0.4 is 5.73 Å². The van der Waals surface area contributed by atoms with E-state index in [1.165, 1.54) is 0 Å². The molecule has 2 heterocycles. The molecule has 0 saturated carbocycles. The second-order valence-corrected chi connectivity index (χ2v) is 3.90. The Bertz CT molecular complexity index is 578. The highest BCUT2D eigenvalue weighted by Crippen LogP contribution is 2.17. The lowest BCUT2D eigenvalue weighted by molar-refractivity contribution is 1.24. The highest BCUT2D eigenvalue weighted by atomic mass is 14.8. The van der Waals surface area contributed by atoms with Gasteiger partial charge in [0.1, 0.15) is 5.65 Å². The van der Waals surface area contributed by atoms with E-state index in [0.29, 0.717) is 11.4 Å². The molecule has 0 unspecified atom stereocenters. The summed E-state index contributed by atoms with van der Waals surface area (Å²) in [7, 11) is 0. The van der Waals surface area contributed by atoms with Crippen molar-refractivity contribution in [3.63, 3.8) is 0 Å². The topological polar surface area (TPSA) is 78.6 Å². The molecule has 0 bridgehead atoms. The number of aryl methyl sites for hydroxylation is 1. The van der Waals surface area contributed by atoms with Crippen LogP contribution in [0.3, 0.4) is 0 Å². The summed E-state index contributed by atoms with van der Waals surface area (Å²) in [5.41, 5.74) is 9.65. The minimum atomic E-state index is 0.433. The fraction of sp³-hybridized carbons (Fsp3) is 0.167. The molecule has 4 nitrogen and oxygen atoms in total. The molecule has 2 aromatic heterocycles. The number of aromatic nitrogens is 2. The van der Waals surface area contributed by atoms with Crippen molar-refractivity contribution in [2.24, 2.45) is 5.73 Å². The van der Waals surface area contributed by atoms with E-state index in [-0.39, 0.29) is 0 Å². The molecule has 0 aliphatic heterocycles. The predicted molar refractivity (Wildman–Crippen MR) is 66.4 cm³/mol. The van der Waals surface area contributed by atoms with E-state index in [0.717, 1.165) is 22.3 Å². The molecule has 0 aliphatic carbocycles. The molecule has 0 spiro atoms. The van der Waals surface area contributed by atoms with Crippen molar-refractivity contribution < 1.29 is 0 Å². The van der Waals surface area contributed by atoms with Gasteiger partial charge in [-0.25, -0.2) is 4.98 Å². The van der Waals surface area contributed by atoms with Crippen LogP contribution in [-0.2, 0) is 0 Å². The second kappa shape index (κ2) is 3.81. The van der Waals surface area contributed by atoms with Crippen LogP contribution in [0.1, 0.15) is 18.2 Å². The van der Waals surface area contributed by atoms with Crippen molar-refractivity contribution in [3.8, 4) is 0 Å². The fourth-order valence-electron chi connectivity index (χ4n) is 1.63. The van der Waals surface area contributed by atoms with Gasteiger partial charge >= 0.3 is 0 Å².